The summed E-state index contributed by atoms with van der Waals surface area (Å²) in [5.41, 5.74) is 5.33. The number of ether oxygens (including phenoxy) is 2. The molecule has 4 N–H and O–H groups in total. The van der Waals surface area contributed by atoms with Gasteiger partial charge in [0.15, 0.2) is 5.96 Å². The van der Waals surface area contributed by atoms with E-state index in [4.69, 9.17) is 15.2 Å². The highest BCUT2D eigenvalue weighted by Crippen LogP contribution is 2.11. The summed E-state index contributed by atoms with van der Waals surface area (Å²) in [6.45, 7) is 9.56. The zero-order valence-electron chi connectivity index (χ0n) is 15.6. The van der Waals surface area contributed by atoms with E-state index in [1.165, 1.54) is 0 Å². The Morgan fingerprint density at radius 3 is 2.48 bits per heavy atom. The van der Waals surface area contributed by atoms with Gasteiger partial charge in [0.25, 0.3) is 0 Å². The molecule has 0 radical (unpaired) electrons. The number of carbonyl (C=O) groups excluding carboxylic acids is 2. The van der Waals surface area contributed by atoms with Crippen LogP contribution in [0.3, 0.4) is 0 Å². The van der Waals surface area contributed by atoms with Gasteiger partial charge in [-0.15, -0.1) is 0 Å². The summed E-state index contributed by atoms with van der Waals surface area (Å²) in [5, 5.41) is 5.76. The van der Waals surface area contributed by atoms with E-state index in [9.17, 15) is 9.59 Å². The second-order valence-electron chi connectivity index (χ2n) is 6.80. The molecule has 1 heterocycles. The van der Waals surface area contributed by atoms with E-state index in [1.54, 1.807) is 32.6 Å². The number of rotatable bonds is 5. The maximum atomic E-state index is 11.6. The predicted molar refractivity (Wildman–Crippen MR) is 95.5 cm³/mol. The average Bonchev–Trinajstić information content (AvgIpc) is 2.51. The summed E-state index contributed by atoms with van der Waals surface area (Å²) in [6.07, 6.45) is 0.826. The average molecular weight is 357 g/mol. The van der Waals surface area contributed by atoms with Crippen molar-refractivity contribution in [3.05, 3.63) is 0 Å². The number of hydrogen-bond donors (Lipinski definition) is 3. The lowest BCUT2D eigenvalue weighted by atomic mass is 10.1. The SMILES string of the molecule is CCOC(=O)N1CCC(NC(N)=NCCNC(=O)OC(C)(C)C)CC1. The molecule has 2 amide bonds. The Bertz CT molecular complexity index is 468. The Morgan fingerprint density at radius 2 is 1.92 bits per heavy atom. The van der Waals surface area contributed by atoms with Crippen molar-refractivity contribution >= 4 is 18.1 Å². The second-order valence-corrected chi connectivity index (χ2v) is 6.80. The molecule has 144 valence electrons. The molecule has 25 heavy (non-hydrogen) atoms. The Labute approximate surface area is 149 Å². The van der Waals surface area contributed by atoms with Gasteiger partial charge < -0.3 is 30.7 Å². The molecule has 0 aromatic heterocycles. The predicted octanol–water partition coefficient (Wildman–Crippen LogP) is 1.04. The molecule has 1 saturated heterocycles. The summed E-state index contributed by atoms with van der Waals surface area (Å²) < 4.78 is 10.1. The minimum absolute atomic E-state index is 0.174. The molecule has 0 atom stereocenters. The largest absolute Gasteiger partial charge is 0.450 e. The van der Waals surface area contributed by atoms with Crippen molar-refractivity contribution in [3.63, 3.8) is 0 Å². The lowest BCUT2D eigenvalue weighted by Crippen LogP contribution is -2.48. The van der Waals surface area contributed by atoms with Crippen molar-refractivity contribution in [3.8, 4) is 0 Å². The first-order valence-corrected chi connectivity index (χ1v) is 8.66. The van der Waals surface area contributed by atoms with Crippen molar-refractivity contribution in [1.29, 1.82) is 0 Å². The van der Waals surface area contributed by atoms with Crippen LogP contribution in [0.2, 0.25) is 0 Å². The van der Waals surface area contributed by atoms with E-state index < -0.39 is 11.7 Å². The summed E-state index contributed by atoms with van der Waals surface area (Å²) in [7, 11) is 0. The molecule has 0 aromatic carbocycles. The lowest BCUT2D eigenvalue weighted by Gasteiger charge is -2.31. The summed E-state index contributed by atoms with van der Waals surface area (Å²) in [6, 6.07) is 0.174. The van der Waals surface area contributed by atoms with Gasteiger partial charge in [0.05, 0.1) is 13.2 Å². The Morgan fingerprint density at radius 1 is 1.28 bits per heavy atom. The molecule has 1 aliphatic heterocycles. The van der Waals surface area contributed by atoms with E-state index in [-0.39, 0.29) is 12.1 Å². The van der Waals surface area contributed by atoms with Gasteiger partial charge in [0.1, 0.15) is 5.60 Å². The molecule has 0 bridgehead atoms. The highest BCUT2D eigenvalue weighted by molar-refractivity contribution is 5.78. The second kappa shape index (κ2) is 9.95. The maximum absolute atomic E-state index is 11.6. The summed E-state index contributed by atoms with van der Waals surface area (Å²) in [5.74, 6) is 0.334. The first-order valence-electron chi connectivity index (χ1n) is 8.66. The Hall–Kier alpha value is -2.19. The van der Waals surface area contributed by atoms with Crippen LogP contribution < -0.4 is 16.4 Å². The fraction of sp³-hybridized carbons (Fsp3) is 0.812. The third-order valence-electron chi connectivity index (χ3n) is 3.44. The molecule has 0 aliphatic carbocycles. The minimum atomic E-state index is -0.521. The molecular weight excluding hydrogens is 326 g/mol. The fourth-order valence-electron chi connectivity index (χ4n) is 2.32. The number of likely N-dealkylation sites (tertiary alicyclic amines) is 1. The van der Waals surface area contributed by atoms with Crippen molar-refractivity contribution in [2.75, 3.05) is 32.8 Å². The maximum Gasteiger partial charge on any atom is 0.409 e. The molecule has 0 unspecified atom stereocenters. The number of aliphatic imine (C=N–C) groups is 1. The topological polar surface area (TPSA) is 118 Å². The van der Waals surface area contributed by atoms with E-state index in [0.717, 1.165) is 12.8 Å². The number of guanidine groups is 1. The Kier molecular flexibility index (Phi) is 8.30. The van der Waals surface area contributed by atoms with Gasteiger partial charge in [0, 0.05) is 25.7 Å². The first-order chi connectivity index (χ1) is 11.7. The van der Waals surface area contributed by atoms with Crippen molar-refractivity contribution in [1.82, 2.24) is 15.5 Å². The number of nitrogens with zero attached hydrogens (tertiary/aromatic N) is 2. The van der Waals surface area contributed by atoms with Crippen LogP contribution in [0.25, 0.3) is 0 Å². The molecule has 9 heteroatoms. The first kappa shape index (κ1) is 20.9. The minimum Gasteiger partial charge on any atom is -0.450 e. The molecule has 0 aromatic rings. The van der Waals surface area contributed by atoms with E-state index in [0.29, 0.717) is 38.7 Å². The smallest absolute Gasteiger partial charge is 0.409 e. The number of alkyl carbamates (subject to hydrolysis) is 1. The van der Waals surface area contributed by atoms with Crippen LogP contribution >= 0.6 is 0 Å². The number of piperidine rings is 1. The van der Waals surface area contributed by atoms with Crippen LogP contribution in [0.4, 0.5) is 9.59 Å². The Balaban J connectivity index is 2.22. The third kappa shape index (κ3) is 9.02. The molecule has 0 spiro atoms. The van der Waals surface area contributed by atoms with Crippen LogP contribution in [-0.4, -0.2) is 67.5 Å². The van der Waals surface area contributed by atoms with Crippen molar-refractivity contribution in [2.24, 2.45) is 10.7 Å². The number of hydrogen-bond acceptors (Lipinski definition) is 5. The molecular formula is C16H31N5O4. The van der Waals surface area contributed by atoms with Crippen LogP contribution in [0.1, 0.15) is 40.5 Å². The molecule has 1 aliphatic rings. The summed E-state index contributed by atoms with van der Waals surface area (Å²) >= 11 is 0. The molecule has 9 nitrogen and oxygen atoms in total. The standard InChI is InChI=1S/C16H31N5O4/c1-5-24-15(23)21-10-6-12(7-11-21)20-13(17)18-8-9-19-14(22)25-16(2,3)4/h12H,5-11H2,1-4H3,(H,19,22)(H3,17,18,20). The highest BCUT2D eigenvalue weighted by Gasteiger charge is 2.23. The van der Waals surface area contributed by atoms with Crippen molar-refractivity contribution in [2.45, 2.75) is 52.2 Å². The van der Waals surface area contributed by atoms with Gasteiger partial charge in [-0.25, -0.2) is 9.59 Å². The number of nitrogens with one attached hydrogen (secondary N) is 2. The number of nitrogens with two attached hydrogens (primary N) is 1. The van der Waals surface area contributed by atoms with Crippen LogP contribution in [0, 0.1) is 0 Å². The van der Waals surface area contributed by atoms with E-state index in [2.05, 4.69) is 15.6 Å². The van der Waals surface area contributed by atoms with Crippen molar-refractivity contribution < 1.29 is 19.1 Å². The van der Waals surface area contributed by atoms with Gasteiger partial charge in [0.2, 0.25) is 0 Å². The molecule has 1 fully saturated rings. The summed E-state index contributed by atoms with van der Waals surface area (Å²) in [4.78, 5) is 29.0. The van der Waals surface area contributed by atoms with E-state index >= 15 is 0 Å². The normalized spacial score (nSPS) is 16.3. The highest BCUT2D eigenvalue weighted by atomic mass is 16.6. The van der Waals surface area contributed by atoms with E-state index in [1.807, 2.05) is 0 Å². The van der Waals surface area contributed by atoms with Gasteiger partial charge >= 0.3 is 12.2 Å². The van der Waals surface area contributed by atoms with Gasteiger partial charge in [-0.2, -0.15) is 0 Å². The molecule has 0 saturated carbocycles. The van der Waals surface area contributed by atoms with Gasteiger partial charge in [-0.3, -0.25) is 4.99 Å². The zero-order valence-corrected chi connectivity index (χ0v) is 15.6. The monoisotopic (exact) mass is 357 g/mol. The van der Waals surface area contributed by atoms with Crippen LogP contribution in [-0.2, 0) is 9.47 Å². The van der Waals surface area contributed by atoms with Crippen LogP contribution in [0.15, 0.2) is 4.99 Å². The molecule has 1 rings (SSSR count). The number of amides is 2. The lowest BCUT2D eigenvalue weighted by molar-refractivity contribution is 0.0529. The third-order valence-corrected chi connectivity index (χ3v) is 3.44. The fourth-order valence-corrected chi connectivity index (χ4v) is 2.32. The quantitative estimate of drug-likeness (QED) is 0.384. The number of carbonyl (C=O) groups is 2. The zero-order chi connectivity index (χ0) is 18.9. The van der Waals surface area contributed by atoms with Gasteiger partial charge in [-0.05, 0) is 40.5 Å². The van der Waals surface area contributed by atoms with Gasteiger partial charge in [-0.1, -0.05) is 0 Å². The van der Waals surface area contributed by atoms with Crippen LogP contribution in [0.5, 0.6) is 0 Å².